The molecule has 1 heterocycles. The van der Waals surface area contributed by atoms with Gasteiger partial charge in [0.1, 0.15) is 9.23 Å². The van der Waals surface area contributed by atoms with Gasteiger partial charge in [0.25, 0.3) is 0 Å². The number of rotatable bonds is 3. The summed E-state index contributed by atoms with van der Waals surface area (Å²) in [5, 5.41) is 0. The van der Waals surface area contributed by atoms with Crippen molar-refractivity contribution in [2.45, 2.75) is 30.2 Å². The molecule has 1 aliphatic carbocycles. The Bertz CT molecular complexity index is 821. The monoisotopic (exact) mass is 412 g/mol. The molecule has 126 valence electrons. The number of nitrogens with two attached hydrogens (primary N) is 1. The van der Waals surface area contributed by atoms with Crippen LogP contribution in [0, 0.1) is 0 Å². The minimum Gasteiger partial charge on any atom is -0.399 e. The summed E-state index contributed by atoms with van der Waals surface area (Å²) in [6.45, 7) is 0. The topological polar surface area (TPSA) is 72.2 Å². The number of thiophene rings is 1. The summed E-state index contributed by atoms with van der Waals surface area (Å²) in [5.41, 5.74) is 8.55. The molecule has 1 aromatic heterocycles. The molecule has 0 saturated heterocycles. The van der Waals surface area contributed by atoms with Crippen LogP contribution in [0.5, 0.6) is 0 Å². The highest BCUT2D eigenvalue weighted by atomic mass is 35.5. The molecular formula is C14H15Cl3N2O2S2. The predicted octanol–water partition coefficient (Wildman–Crippen LogP) is 4.41. The highest BCUT2D eigenvalue weighted by Gasteiger charge is 2.28. The van der Waals surface area contributed by atoms with Gasteiger partial charge in [0.15, 0.2) is 0 Å². The maximum atomic E-state index is 12.5. The van der Waals surface area contributed by atoms with Gasteiger partial charge in [-0.25, -0.2) is 13.1 Å². The van der Waals surface area contributed by atoms with Crippen molar-refractivity contribution < 1.29 is 8.42 Å². The highest BCUT2D eigenvalue weighted by molar-refractivity contribution is 7.89. The van der Waals surface area contributed by atoms with Crippen LogP contribution >= 0.6 is 46.9 Å². The van der Waals surface area contributed by atoms with E-state index in [4.69, 9.17) is 28.9 Å². The van der Waals surface area contributed by atoms with Crippen molar-refractivity contribution >= 4 is 62.7 Å². The Morgan fingerprint density at radius 3 is 2.65 bits per heavy atom. The normalized spacial score (nSPS) is 17.4. The summed E-state index contributed by atoms with van der Waals surface area (Å²) in [5.74, 6) is 0. The Morgan fingerprint density at radius 1 is 1.26 bits per heavy atom. The first-order valence-corrected chi connectivity index (χ1v) is 9.78. The third-order valence-electron chi connectivity index (χ3n) is 3.69. The fourth-order valence-corrected chi connectivity index (χ4v) is 6.12. The van der Waals surface area contributed by atoms with E-state index >= 15 is 0 Å². The van der Waals surface area contributed by atoms with Gasteiger partial charge in [-0.3, -0.25) is 0 Å². The Morgan fingerprint density at radius 2 is 2.00 bits per heavy atom. The van der Waals surface area contributed by atoms with Crippen molar-refractivity contribution in [3.63, 3.8) is 0 Å². The summed E-state index contributed by atoms with van der Waals surface area (Å²) in [7, 11) is -3.71. The van der Waals surface area contributed by atoms with Gasteiger partial charge in [0.05, 0.1) is 4.34 Å². The average molecular weight is 414 g/mol. The Balaban J connectivity index is 0.00000192. The maximum Gasteiger partial charge on any atom is 0.243 e. The zero-order valence-electron chi connectivity index (χ0n) is 11.9. The number of nitrogen functional groups attached to an aromatic ring is 1. The number of nitrogens with one attached hydrogen (secondary N) is 1. The van der Waals surface area contributed by atoms with Gasteiger partial charge in [-0.1, -0.05) is 29.3 Å². The van der Waals surface area contributed by atoms with E-state index in [1.54, 1.807) is 6.07 Å². The fourth-order valence-electron chi connectivity index (χ4n) is 2.72. The van der Waals surface area contributed by atoms with Crippen LogP contribution in [0.25, 0.3) is 0 Å². The number of halogens is 3. The van der Waals surface area contributed by atoms with Gasteiger partial charge in [-0.05, 0) is 48.6 Å². The molecule has 0 aliphatic heterocycles. The second-order valence-corrected chi connectivity index (χ2v) is 9.18. The van der Waals surface area contributed by atoms with Crippen LogP contribution in [-0.2, 0) is 16.4 Å². The van der Waals surface area contributed by atoms with Crippen LogP contribution in [0.3, 0.4) is 0 Å². The third kappa shape index (κ3) is 3.95. The standard InChI is InChI=1S/C14H14Cl2N2O2S2.ClH/c15-13-7-12(14(16)21-13)22(19,20)18-11-3-1-2-8-6-9(17)4-5-10(8)11;/h4-7,11,18H,1-3,17H2;1H. The molecule has 1 aromatic carbocycles. The molecular weight excluding hydrogens is 399 g/mol. The van der Waals surface area contributed by atoms with E-state index in [1.807, 2.05) is 12.1 Å². The van der Waals surface area contributed by atoms with Crippen LogP contribution in [0.2, 0.25) is 8.67 Å². The molecule has 3 rings (SSSR count). The molecule has 4 nitrogen and oxygen atoms in total. The minimum atomic E-state index is -3.71. The summed E-state index contributed by atoms with van der Waals surface area (Å²) < 4.78 is 28.3. The molecule has 2 aromatic rings. The van der Waals surface area contributed by atoms with E-state index in [2.05, 4.69) is 4.72 Å². The van der Waals surface area contributed by atoms with Gasteiger partial charge in [-0.2, -0.15) is 0 Å². The lowest BCUT2D eigenvalue weighted by atomic mass is 9.88. The lowest BCUT2D eigenvalue weighted by molar-refractivity contribution is 0.507. The van der Waals surface area contributed by atoms with Crippen LogP contribution in [0.1, 0.15) is 30.0 Å². The van der Waals surface area contributed by atoms with Crippen molar-refractivity contribution in [2.75, 3.05) is 5.73 Å². The number of sulfonamides is 1. The molecule has 23 heavy (non-hydrogen) atoms. The molecule has 0 spiro atoms. The van der Waals surface area contributed by atoms with Gasteiger partial charge < -0.3 is 5.73 Å². The van der Waals surface area contributed by atoms with Crippen LogP contribution in [0.15, 0.2) is 29.2 Å². The van der Waals surface area contributed by atoms with E-state index in [9.17, 15) is 8.42 Å². The number of hydrogen-bond donors (Lipinski definition) is 2. The van der Waals surface area contributed by atoms with Crippen molar-refractivity contribution in [1.82, 2.24) is 4.72 Å². The molecule has 1 atom stereocenters. The van der Waals surface area contributed by atoms with Gasteiger partial charge in [0, 0.05) is 11.7 Å². The zero-order chi connectivity index (χ0) is 15.9. The second-order valence-electron chi connectivity index (χ2n) is 5.21. The first kappa shape index (κ1) is 18.8. The lowest BCUT2D eigenvalue weighted by Crippen LogP contribution is -2.31. The average Bonchev–Trinajstić information content (AvgIpc) is 2.78. The molecule has 1 unspecified atom stereocenters. The molecule has 0 fully saturated rings. The molecule has 1 aliphatic rings. The predicted molar refractivity (Wildman–Crippen MR) is 98.4 cm³/mol. The lowest BCUT2D eigenvalue weighted by Gasteiger charge is -2.26. The SMILES string of the molecule is Cl.Nc1ccc2c(c1)CCCC2NS(=O)(=O)c1cc(Cl)sc1Cl. The number of anilines is 1. The maximum absolute atomic E-state index is 12.5. The van der Waals surface area contributed by atoms with E-state index in [0.717, 1.165) is 41.7 Å². The molecule has 0 radical (unpaired) electrons. The summed E-state index contributed by atoms with van der Waals surface area (Å²) in [4.78, 5) is 0.0340. The first-order chi connectivity index (χ1) is 10.4. The third-order valence-corrected chi connectivity index (χ3v) is 6.92. The first-order valence-electron chi connectivity index (χ1n) is 6.72. The van der Waals surface area contributed by atoms with Crippen molar-refractivity contribution in [2.24, 2.45) is 0 Å². The van der Waals surface area contributed by atoms with Crippen molar-refractivity contribution in [3.8, 4) is 0 Å². The van der Waals surface area contributed by atoms with Gasteiger partial charge in [0.2, 0.25) is 10.0 Å². The Hall–Kier alpha value is -0.500. The van der Waals surface area contributed by atoms with E-state index < -0.39 is 10.0 Å². The number of hydrogen-bond acceptors (Lipinski definition) is 4. The van der Waals surface area contributed by atoms with Crippen LogP contribution < -0.4 is 10.5 Å². The number of aryl methyl sites for hydroxylation is 1. The molecule has 3 N–H and O–H groups in total. The quantitative estimate of drug-likeness (QED) is 0.732. The summed E-state index contributed by atoms with van der Waals surface area (Å²) in [6.07, 6.45) is 2.55. The molecule has 0 saturated carbocycles. The Labute approximate surface area is 155 Å². The highest BCUT2D eigenvalue weighted by Crippen LogP contribution is 2.36. The summed E-state index contributed by atoms with van der Waals surface area (Å²) in [6, 6.07) is 6.69. The van der Waals surface area contributed by atoms with Crippen molar-refractivity contribution in [3.05, 3.63) is 44.1 Å². The molecule has 9 heteroatoms. The minimum absolute atomic E-state index is 0. The van der Waals surface area contributed by atoms with Crippen molar-refractivity contribution in [1.29, 1.82) is 0 Å². The smallest absolute Gasteiger partial charge is 0.243 e. The summed E-state index contributed by atoms with van der Waals surface area (Å²) >= 11 is 12.8. The van der Waals surface area contributed by atoms with Crippen LogP contribution in [-0.4, -0.2) is 8.42 Å². The second kappa shape index (κ2) is 7.17. The fraction of sp³-hybridized carbons (Fsp3) is 0.286. The zero-order valence-corrected chi connectivity index (χ0v) is 15.8. The Kier molecular flexibility index (Phi) is 5.87. The van der Waals surface area contributed by atoms with Gasteiger partial charge >= 0.3 is 0 Å². The largest absolute Gasteiger partial charge is 0.399 e. The van der Waals surface area contributed by atoms with E-state index in [0.29, 0.717) is 10.0 Å². The van der Waals surface area contributed by atoms with E-state index in [-0.39, 0.29) is 27.7 Å². The number of benzene rings is 1. The van der Waals surface area contributed by atoms with Gasteiger partial charge in [-0.15, -0.1) is 23.7 Å². The molecule has 0 bridgehead atoms. The molecule has 0 amide bonds. The van der Waals surface area contributed by atoms with E-state index in [1.165, 1.54) is 6.07 Å². The van der Waals surface area contributed by atoms with Crippen LogP contribution in [0.4, 0.5) is 5.69 Å². The number of fused-ring (bicyclic) bond motifs is 1.